The number of rotatable bonds is 2. The lowest BCUT2D eigenvalue weighted by molar-refractivity contribution is -0.138. The van der Waals surface area contributed by atoms with E-state index in [1.807, 2.05) is 0 Å². The van der Waals surface area contributed by atoms with Crippen molar-refractivity contribution >= 4 is 12.2 Å². The molecule has 1 heterocycles. The van der Waals surface area contributed by atoms with Crippen molar-refractivity contribution in [3.05, 3.63) is 23.9 Å². The second-order valence-corrected chi connectivity index (χ2v) is 2.26. The topological polar surface area (TPSA) is 38.7 Å². The van der Waals surface area contributed by atoms with E-state index in [4.69, 9.17) is 4.74 Å². The van der Waals surface area contributed by atoms with Crippen molar-refractivity contribution in [3.8, 4) is 0 Å². The zero-order valence-electron chi connectivity index (χ0n) is 6.99. The summed E-state index contributed by atoms with van der Waals surface area (Å²) >= 11 is 0. The van der Waals surface area contributed by atoms with Gasteiger partial charge in [0.15, 0.2) is 0 Å². The van der Waals surface area contributed by atoms with E-state index in [0.717, 1.165) is 0 Å². The molecular formula is C9H11NO2. The van der Waals surface area contributed by atoms with Crippen molar-refractivity contribution in [2.45, 2.75) is 13.3 Å². The minimum atomic E-state index is -0.278. The van der Waals surface area contributed by atoms with Crippen molar-refractivity contribution in [3.63, 3.8) is 0 Å². The molecule has 0 saturated carbocycles. The fourth-order valence-corrected chi connectivity index (χ4v) is 0.859. The summed E-state index contributed by atoms with van der Waals surface area (Å²) < 4.78 is 4.82. The molecule has 0 fully saturated rings. The summed E-state index contributed by atoms with van der Waals surface area (Å²) in [7, 11) is 0. The van der Waals surface area contributed by atoms with Gasteiger partial charge in [-0.15, -0.1) is 0 Å². The molecule has 64 valence electrons. The van der Waals surface area contributed by atoms with Gasteiger partial charge in [0.2, 0.25) is 0 Å². The molecule has 1 rings (SSSR count). The molecule has 0 spiro atoms. The molecule has 1 aliphatic rings. The van der Waals surface area contributed by atoms with Crippen molar-refractivity contribution in [2.24, 2.45) is 4.99 Å². The third-order valence-corrected chi connectivity index (χ3v) is 1.40. The van der Waals surface area contributed by atoms with Gasteiger partial charge in [-0.1, -0.05) is 6.08 Å². The first-order chi connectivity index (χ1) is 5.84. The van der Waals surface area contributed by atoms with Gasteiger partial charge in [-0.25, -0.2) is 4.79 Å². The van der Waals surface area contributed by atoms with E-state index in [1.165, 1.54) is 0 Å². The molecule has 0 unspecified atom stereocenters. The standard InChI is InChI=1S/C9H11NO2/c1-2-12-9(11)8-4-3-6-10-7-5-8/h4-7H,2-3H2,1H3. The van der Waals surface area contributed by atoms with E-state index in [0.29, 0.717) is 18.6 Å². The number of esters is 1. The lowest BCUT2D eigenvalue weighted by Gasteiger charge is -1.99. The van der Waals surface area contributed by atoms with Crippen molar-refractivity contribution in [1.29, 1.82) is 0 Å². The fraction of sp³-hybridized carbons (Fsp3) is 0.333. The summed E-state index contributed by atoms with van der Waals surface area (Å²) in [4.78, 5) is 15.1. The Balaban J connectivity index is 2.62. The highest BCUT2D eigenvalue weighted by molar-refractivity contribution is 5.92. The monoisotopic (exact) mass is 165 g/mol. The average Bonchev–Trinajstić information content (AvgIpc) is 2.32. The van der Waals surface area contributed by atoms with Crippen LogP contribution in [0.3, 0.4) is 0 Å². The molecule has 12 heavy (non-hydrogen) atoms. The Kier molecular flexibility index (Phi) is 3.26. The SMILES string of the molecule is CCOC(=O)C1=CCC=NC=C1. The number of hydrogen-bond acceptors (Lipinski definition) is 3. The molecular weight excluding hydrogens is 154 g/mol. The van der Waals surface area contributed by atoms with E-state index < -0.39 is 0 Å². The summed E-state index contributed by atoms with van der Waals surface area (Å²) in [5.41, 5.74) is 0.578. The van der Waals surface area contributed by atoms with Gasteiger partial charge in [-0.2, -0.15) is 0 Å². The van der Waals surface area contributed by atoms with Crippen LogP contribution in [0, 0.1) is 0 Å². The highest BCUT2D eigenvalue weighted by atomic mass is 16.5. The Bertz CT molecular complexity index is 251. The first-order valence-corrected chi connectivity index (χ1v) is 3.90. The van der Waals surface area contributed by atoms with Gasteiger partial charge in [-0.05, 0) is 13.0 Å². The lowest BCUT2D eigenvalue weighted by Crippen LogP contribution is -2.05. The largest absolute Gasteiger partial charge is 0.462 e. The van der Waals surface area contributed by atoms with Crippen LogP contribution in [0.2, 0.25) is 0 Å². The number of carbonyl (C=O) groups is 1. The first-order valence-electron chi connectivity index (χ1n) is 3.90. The smallest absolute Gasteiger partial charge is 0.337 e. The zero-order chi connectivity index (χ0) is 8.81. The molecule has 0 bridgehead atoms. The minimum absolute atomic E-state index is 0.278. The Labute approximate surface area is 71.4 Å². The van der Waals surface area contributed by atoms with E-state index in [-0.39, 0.29) is 5.97 Å². The molecule has 0 aromatic rings. The van der Waals surface area contributed by atoms with Crippen molar-refractivity contribution in [1.82, 2.24) is 0 Å². The zero-order valence-corrected chi connectivity index (χ0v) is 6.99. The van der Waals surface area contributed by atoms with Crippen LogP contribution in [0.4, 0.5) is 0 Å². The molecule has 0 atom stereocenters. The van der Waals surface area contributed by atoms with Crippen LogP contribution in [0.25, 0.3) is 0 Å². The highest BCUT2D eigenvalue weighted by Crippen LogP contribution is 2.04. The third kappa shape index (κ3) is 2.34. The van der Waals surface area contributed by atoms with Crippen LogP contribution in [0.5, 0.6) is 0 Å². The van der Waals surface area contributed by atoms with Crippen LogP contribution in [0.1, 0.15) is 13.3 Å². The summed E-state index contributed by atoms with van der Waals surface area (Å²) in [6.07, 6.45) is 7.46. The Morgan fingerprint density at radius 3 is 3.33 bits per heavy atom. The first kappa shape index (κ1) is 8.71. The molecule has 0 aliphatic carbocycles. The van der Waals surface area contributed by atoms with Crippen LogP contribution < -0.4 is 0 Å². The van der Waals surface area contributed by atoms with E-state index in [2.05, 4.69) is 4.99 Å². The van der Waals surface area contributed by atoms with Gasteiger partial charge in [0.05, 0.1) is 12.2 Å². The highest BCUT2D eigenvalue weighted by Gasteiger charge is 2.06. The number of allylic oxidation sites excluding steroid dienone is 1. The Hall–Kier alpha value is -1.38. The molecule has 3 nitrogen and oxygen atoms in total. The third-order valence-electron chi connectivity index (χ3n) is 1.40. The molecule has 1 aliphatic heterocycles. The normalized spacial score (nSPS) is 15.2. The maximum atomic E-state index is 11.2. The second-order valence-electron chi connectivity index (χ2n) is 2.26. The second kappa shape index (κ2) is 4.49. The van der Waals surface area contributed by atoms with Crippen LogP contribution in [0.15, 0.2) is 28.9 Å². The molecule has 0 N–H and O–H groups in total. The van der Waals surface area contributed by atoms with Gasteiger partial charge in [0, 0.05) is 18.8 Å². The van der Waals surface area contributed by atoms with Crippen LogP contribution in [-0.4, -0.2) is 18.8 Å². The summed E-state index contributed by atoms with van der Waals surface area (Å²) in [6.45, 7) is 2.19. The number of nitrogens with zero attached hydrogens (tertiary/aromatic N) is 1. The predicted molar refractivity (Wildman–Crippen MR) is 47.0 cm³/mol. The van der Waals surface area contributed by atoms with Gasteiger partial charge in [0.1, 0.15) is 0 Å². The number of ether oxygens (including phenoxy) is 1. The van der Waals surface area contributed by atoms with Gasteiger partial charge < -0.3 is 4.74 Å². The average molecular weight is 165 g/mol. The fourth-order valence-electron chi connectivity index (χ4n) is 0.859. The molecule has 0 aromatic carbocycles. The quantitative estimate of drug-likeness (QED) is 0.581. The van der Waals surface area contributed by atoms with Crippen LogP contribution in [-0.2, 0) is 9.53 Å². The maximum Gasteiger partial charge on any atom is 0.337 e. The van der Waals surface area contributed by atoms with Crippen molar-refractivity contribution in [2.75, 3.05) is 6.61 Å². The maximum absolute atomic E-state index is 11.2. The Morgan fingerprint density at radius 1 is 1.75 bits per heavy atom. The lowest BCUT2D eigenvalue weighted by atomic mass is 10.2. The van der Waals surface area contributed by atoms with E-state index in [1.54, 1.807) is 31.5 Å². The van der Waals surface area contributed by atoms with Gasteiger partial charge in [-0.3, -0.25) is 4.99 Å². The predicted octanol–water partition coefficient (Wildman–Crippen LogP) is 1.46. The van der Waals surface area contributed by atoms with E-state index in [9.17, 15) is 4.79 Å². The number of hydrogen-bond donors (Lipinski definition) is 0. The van der Waals surface area contributed by atoms with Crippen LogP contribution >= 0.6 is 0 Å². The molecule has 0 saturated heterocycles. The molecule has 0 radical (unpaired) electrons. The summed E-state index contributed by atoms with van der Waals surface area (Å²) in [6, 6.07) is 0. The number of aliphatic imine (C=N–C) groups is 1. The van der Waals surface area contributed by atoms with E-state index >= 15 is 0 Å². The molecule has 3 heteroatoms. The Morgan fingerprint density at radius 2 is 2.58 bits per heavy atom. The summed E-state index contributed by atoms with van der Waals surface area (Å²) in [5, 5.41) is 0. The minimum Gasteiger partial charge on any atom is -0.462 e. The molecule has 0 aromatic heterocycles. The van der Waals surface area contributed by atoms with Gasteiger partial charge >= 0.3 is 5.97 Å². The van der Waals surface area contributed by atoms with Crippen molar-refractivity contribution < 1.29 is 9.53 Å². The number of carbonyl (C=O) groups excluding carboxylic acids is 1. The summed E-state index contributed by atoms with van der Waals surface area (Å²) in [5.74, 6) is -0.278. The van der Waals surface area contributed by atoms with Gasteiger partial charge in [0.25, 0.3) is 0 Å². The molecule has 0 amide bonds.